The molecule has 3 atom stereocenters. The highest BCUT2D eigenvalue weighted by atomic mass is 35.5. The molecule has 0 aromatic carbocycles. The minimum Gasteiger partial charge on any atom is -0.341 e. The smallest absolute Gasteiger partial charge is 0.262 e. The van der Waals surface area contributed by atoms with Gasteiger partial charge in [0.25, 0.3) is 5.91 Å². The summed E-state index contributed by atoms with van der Waals surface area (Å²) in [6.45, 7) is 7.06. The Kier molecular flexibility index (Phi) is 6.88. The fourth-order valence-corrected chi connectivity index (χ4v) is 4.59. The van der Waals surface area contributed by atoms with Crippen molar-refractivity contribution in [1.29, 1.82) is 0 Å². The zero-order chi connectivity index (χ0) is 19.0. The number of carbonyl (C=O) groups is 2. The third kappa shape index (κ3) is 4.44. The van der Waals surface area contributed by atoms with E-state index in [1.807, 2.05) is 31.9 Å². The van der Waals surface area contributed by atoms with Crippen LogP contribution in [0.4, 0.5) is 0 Å². The molecule has 0 saturated carbocycles. The summed E-state index contributed by atoms with van der Waals surface area (Å²) in [6.07, 6.45) is 2.01. The van der Waals surface area contributed by atoms with E-state index in [0.29, 0.717) is 17.3 Å². The molecule has 3 N–H and O–H groups in total. The molecular weight excluding hydrogens is 386 g/mol. The van der Waals surface area contributed by atoms with Gasteiger partial charge in [-0.15, -0.1) is 23.7 Å². The van der Waals surface area contributed by atoms with Crippen molar-refractivity contribution in [1.82, 2.24) is 20.0 Å². The van der Waals surface area contributed by atoms with E-state index in [1.165, 1.54) is 11.3 Å². The summed E-state index contributed by atoms with van der Waals surface area (Å²) in [5, 5.41) is 8.18. The average molecular weight is 414 g/mol. The molecule has 3 rings (SSSR count). The second-order valence-corrected chi connectivity index (χ2v) is 8.31. The van der Waals surface area contributed by atoms with Gasteiger partial charge in [0.2, 0.25) is 5.91 Å². The van der Waals surface area contributed by atoms with E-state index in [4.69, 9.17) is 5.73 Å². The van der Waals surface area contributed by atoms with Crippen molar-refractivity contribution >= 4 is 45.8 Å². The number of thiophene rings is 1. The Morgan fingerprint density at radius 2 is 2.11 bits per heavy atom. The standard InChI is InChI=1S/C18H27N5O2S.ClH/c1-10(19)13-6-5-7-23(9-13)17(25)12(3)20-16(24)15-8-14-11(2)21-22(4)18(14)26-15;/h8,10,12-13H,5-7,9,19H2,1-4H3,(H,20,24);1H. The molecule has 0 aliphatic carbocycles. The van der Waals surface area contributed by atoms with Gasteiger partial charge >= 0.3 is 0 Å². The maximum atomic E-state index is 12.7. The van der Waals surface area contributed by atoms with Crippen LogP contribution in [0.1, 0.15) is 42.1 Å². The molecule has 1 aliphatic heterocycles. The van der Waals surface area contributed by atoms with Crippen molar-refractivity contribution in [3.05, 3.63) is 16.6 Å². The number of nitrogens with zero attached hydrogens (tertiary/aromatic N) is 3. The van der Waals surface area contributed by atoms with Gasteiger partial charge in [0.15, 0.2) is 0 Å². The summed E-state index contributed by atoms with van der Waals surface area (Å²) >= 11 is 1.39. The fraction of sp³-hybridized carbons (Fsp3) is 0.611. The molecule has 0 spiro atoms. The van der Waals surface area contributed by atoms with Gasteiger partial charge in [0.1, 0.15) is 10.9 Å². The SMILES string of the molecule is Cc1nn(C)c2sc(C(=O)NC(C)C(=O)N3CCCC(C(C)N)C3)cc12.Cl. The van der Waals surface area contributed by atoms with E-state index >= 15 is 0 Å². The van der Waals surface area contributed by atoms with Crippen molar-refractivity contribution < 1.29 is 9.59 Å². The largest absolute Gasteiger partial charge is 0.341 e. The van der Waals surface area contributed by atoms with Crippen LogP contribution in [0.3, 0.4) is 0 Å². The number of nitrogens with one attached hydrogen (secondary N) is 1. The Bertz CT molecular complexity index is 797. The number of hydrogen-bond acceptors (Lipinski definition) is 5. The number of likely N-dealkylation sites (tertiary alicyclic amines) is 1. The molecule has 2 amide bonds. The van der Waals surface area contributed by atoms with Gasteiger partial charge in [-0.3, -0.25) is 14.3 Å². The summed E-state index contributed by atoms with van der Waals surface area (Å²) < 4.78 is 1.78. The Morgan fingerprint density at radius 3 is 2.74 bits per heavy atom. The molecule has 27 heavy (non-hydrogen) atoms. The van der Waals surface area contributed by atoms with Crippen LogP contribution in [-0.4, -0.2) is 51.7 Å². The van der Waals surface area contributed by atoms with Crippen molar-refractivity contribution in [2.45, 2.75) is 45.7 Å². The number of halogens is 1. The summed E-state index contributed by atoms with van der Waals surface area (Å²) in [7, 11) is 1.87. The molecule has 3 heterocycles. The lowest BCUT2D eigenvalue weighted by molar-refractivity contribution is -0.134. The Labute approximate surface area is 169 Å². The highest BCUT2D eigenvalue weighted by Crippen LogP contribution is 2.27. The van der Waals surface area contributed by atoms with E-state index in [-0.39, 0.29) is 30.3 Å². The normalized spacial score (nSPS) is 19.4. The van der Waals surface area contributed by atoms with E-state index in [1.54, 1.807) is 11.6 Å². The second-order valence-electron chi connectivity index (χ2n) is 7.28. The van der Waals surface area contributed by atoms with Crippen LogP contribution in [-0.2, 0) is 11.8 Å². The molecule has 2 aromatic rings. The number of aromatic nitrogens is 2. The number of carbonyl (C=O) groups excluding carboxylic acids is 2. The first kappa shape index (κ1) is 21.7. The molecule has 0 radical (unpaired) electrons. The van der Waals surface area contributed by atoms with Crippen molar-refractivity contribution in [3.63, 3.8) is 0 Å². The van der Waals surface area contributed by atoms with E-state index < -0.39 is 6.04 Å². The fourth-order valence-electron chi connectivity index (χ4n) is 3.56. The molecule has 3 unspecified atom stereocenters. The quantitative estimate of drug-likeness (QED) is 0.802. The van der Waals surface area contributed by atoms with Crippen LogP contribution in [0.5, 0.6) is 0 Å². The van der Waals surface area contributed by atoms with Gasteiger partial charge in [-0.1, -0.05) is 0 Å². The molecule has 150 valence electrons. The zero-order valence-electron chi connectivity index (χ0n) is 16.2. The number of aryl methyl sites for hydroxylation is 2. The summed E-state index contributed by atoms with van der Waals surface area (Å²) in [5.74, 6) is 0.0727. The first-order chi connectivity index (χ1) is 12.3. The van der Waals surface area contributed by atoms with Gasteiger partial charge in [-0.25, -0.2) is 0 Å². The average Bonchev–Trinajstić information content (AvgIpc) is 3.16. The van der Waals surface area contributed by atoms with Crippen LogP contribution in [0.2, 0.25) is 0 Å². The molecule has 7 nitrogen and oxygen atoms in total. The molecular formula is C18H28ClN5O2S. The highest BCUT2D eigenvalue weighted by molar-refractivity contribution is 7.20. The molecule has 1 fully saturated rings. The van der Waals surface area contributed by atoms with E-state index in [9.17, 15) is 9.59 Å². The van der Waals surface area contributed by atoms with Gasteiger partial charge < -0.3 is 16.0 Å². The second kappa shape index (κ2) is 8.58. The van der Waals surface area contributed by atoms with E-state index in [0.717, 1.165) is 35.3 Å². The predicted molar refractivity (Wildman–Crippen MR) is 110 cm³/mol. The molecule has 0 bridgehead atoms. The number of amides is 2. The maximum absolute atomic E-state index is 12.7. The van der Waals surface area contributed by atoms with Crippen molar-refractivity contribution in [2.24, 2.45) is 18.7 Å². The molecule has 1 aliphatic rings. The summed E-state index contributed by atoms with van der Waals surface area (Å²) in [4.78, 5) is 28.7. The third-order valence-corrected chi connectivity index (χ3v) is 6.35. The lowest BCUT2D eigenvalue weighted by Crippen LogP contribution is -2.51. The Morgan fingerprint density at radius 1 is 1.41 bits per heavy atom. The first-order valence-electron chi connectivity index (χ1n) is 9.06. The van der Waals surface area contributed by atoms with Crippen LogP contribution in [0.25, 0.3) is 10.2 Å². The third-order valence-electron chi connectivity index (χ3n) is 5.15. The Balaban J connectivity index is 0.00000261. The molecule has 9 heteroatoms. The van der Waals surface area contributed by atoms with Crippen LogP contribution in [0, 0.1) is 12.8 Å². The number of rotatable bonds is 4. The number of nitrogens with two attached hydrogens (primary N) is 1. The minimum atomic E-state index is -0.557. The highest BCUT2D eigenvalue weighted by Gasteiger charge is 2.29. The molecule has 1 saturated heterocycles. The van der Waals surface area contributed by atoms with Crippen LogP contribution < -0.4 is 11.1 Å². The van der Waals surface area contributed by atoms with Gasteiger partial charge in [-0.05, 0) is 45.6 Å². The lowest BCUT2D eigenvalue weighted by atomic mass is 9.92. The van der Waals surface area contributed by atoms with Crippen molar-refractivity contribution in [2.75, 3.05) is 13.1 Å². The number of piperidine rings is 1. The Hall–Kier alpha value is -1.64. The van der Waals surface area contributed by atoms with Crippen molar-refractivity contribution in [3.8, 4) is 0 Å². The monoisotopic (exact) mass is 413 g/mol. The minimum absolute atomic E-state index is 0. The van der Waals surface area contributed by atoms with E-state index in [2.05, 4.69) is 10.4 Å². The van der Waals surface area contributed by atoms with Crippen LogP contribution in [0.15, 0.2) is 6.07 Å². The predicted octanol–water partition coefficient (Wildman–Crippen LogP) is 2.07. The topological polar surface area (TPSA) is 93.2 Å². The van der Waals surface area contributed by atoms with Gasteiger partial charge in [-0.2, -0.15) is 5.10 Å². The number of fused-ring (bicyclic) bond motifs is 1. The van der Waals surface area contributed by atoms with Gasteiger partial charge in [0.05, 0.1) is 10.6 Å². The zero-order valence-corrected chi connectivity index (χ0v) is 17.8. The summed E-state index contributed by atoms with van der Waals surface area (Å²) in [6, 6.07) is 1.37. The van der Waals surface area contributed by atoms with Crippen LogP contribution >= 0.6 is 23.7 Å². The summed E-state index contributed by atoms with van der Waals surface area (Å²) in [5.41, 5.74) is 6.90. The molecule has 2 aromatic heterocycles. The first-order valence-corrected chi connectivity index (χ1v) is 9.88. The van der Waals surface area contributed by atoms with Gasteiger partial charge in [0, 0.05) is 31.6 Å². The number of hydrogen-bond donors (Lipinski definition) is 2. The lowest BCUT2D eigenvalue weighted by Gasteiger charge is -2.36. The maximum Gasteiger partial charge on any atom is 0.262 e.